The van der Waals surface area contributed by atoms with Gasteiger partial charge in [-0.1, -0.05) is 0 Å². The smallest absolute Gasteiger partial charge is 0.308 e. The Balaban J connectivity index is 0.000000980. The molecule has 2 fully saturated rings. The Hall–Kier alpha value is -0.280. The molecule has 2 unspecified atom stereocenters. The van der Waals surface area contributed by atoms with Crippen LogP contribution in [0.3, 0.4) is 0 Å². The van der Waals surface area contributed by atoms with E-state index in [1.165, 1.54) is 20.0 Å². The number of rotatable bonds is 2. The van der Waals surface area contributed by atoms with Crippen LogP contribution in [0.25, 0.3) is 0 Å². The molecule has 4 heteroatoms. The maximum absolute atomic E-state index is 11.2. The molecular weight excluding hydrogens is 202 g/mol. The summed E-state index contributed by atoms with van der Waals surface area (Å²) >= 11 is 0. The van der Waals surface area contributed by atoms with Crippen molar-refractivity contribution >= 4 is 18.4 Å². The quantitative estimate of drug-likeness (QED) is 0.710. The van der Waals surface area contributed by atoms with E-state index in [4.69, 9.17) is 4.74 Å². The predicted octanol–water partition coefficient (Wildman–Crippen LogP) is 1.22. The first-order valence-electron chi connectivity index (χ1n) is 5.11. The first kappa shape index (κ1) is 11.8. The van der Waals surface area contributed by atoms with Crippen LogP contribution < -0.4 is 5.32 Å². The lowest BCUT2D eigenvalue weighted by Gasteiger charge is -2.22. The van der Waals surface area contributed by atoms with E-state index < -0.39 is 0 Å². The molecule has 1 saturated carbocycles. The van der Waals surface area contributed by atoms with E-state index in [0.717, 1.165) is 25.4 Å². The molecule has 0 aromatic rings. The molecule has 2 atom stereocenters. The topological polar surface area (TPSA) is 38.3 Å². The molecule has 1 saturated heterocycles. The van der Waals surface area contributed by atoms with Crippen molar-refractivity contribution < 1.29 is 9.53 Å². The zero-order chi connectivity index (χ0) is 9.26. The third-order valence-electron chi connectivity index (χ3n) is 3.33. The first-order valence-corrected chi connectivity index (χ1v) is 5.11. The Morgan fingerprint density at radius 3 is 2.57 bits per heavy atom. The summed E-state index contributed by atoms with van der Waals surface area (Å²) in [6.45, 7) is 2.24. The van der Waals surface area contributed by atoms with Gasteiger partial charge in [-0.25, -0.2) is 0 Å². The predicted molar refractivity (Wildman–Crippen MR) is 56.5 cm³/mol. The summed E-state index contributed by atoms with van der Waals surface area (Å²) in [5.41, 5.74) is 0. The van der Waals surface area contributed by atoms with Crippen LogP contribution >= 0.6 is 12.4 Å². The largest absolute Gasteiger partial charge is 0.469 e. The van der Waals surface area contributed by atoms with E-state index in [1.54, 1.807) is 0 Å². The molecular formula is C10H18ClNO2. The van der Waals surface area contributed by atoms with Crippen molar-refractivity contribution in [2.45, 2.75) is 19.3 Å². The third-order valence-corrected chi connectivity index (χ3v) is 3.33. The van der Waals surface area contributed by atoms with Gasteiger partial charge >= 0.3 is 5.97 Å². The molecule has 2 rings (SSSR count). The molecule has 0 radical (unpaired) electrons. The molecule has 0 spiro atoms. The fourth-order valence-corrected chi connectivity index (χ4v) is 2.43. The maximum Gasteiger partial charge on any atom is 0.308 e. The highest BCUT2D eigenvalue weighted by Crippen LogP contribution is 2.47. The standard InChI is InChI=1S/C10H17NO2.ClH/c1-13-10(12)9-6-8(9)7-2-4-11-5-3-7;/h7-9,11H,2-6H2,1H3;1H. The number of ether oxygens (including phenoxy) is 1. The fraction of sp³-hybridized carbons (Fsp3) is 0.900. The number of carbonyl (C=O) groups is 1. The molecule has 82 valence electrons. The molecule has 3 nitrogen and oxygen atoms in total. The average molecular weight is 220 g/mol. The zero-order valence-corrected chi connectivity index (χ0v) is 9.31. The number of piperidine rings is 1. The highest BCUT2D eigenvalue weighted by atomic mass is 35.5. The van der Waals surface area contributed by atoms with Crippen molar-refractivity contribution in [1.82, 2.24) is 5.32 Å². The van der Waals surface area contributed by atoms with Gasteiger partial charge in [0.05, 0.1) is 13.0 Å². The van der Waals surface area contributed by atoms with Crippen molar-refractivity contribution in [3.05, 3.63) is 0 Å². The van der Waals surface area contributed by atoms with E-state index >= 15 is 0 Å². The molecule has 1 heterocycles. The molecule has 14 heavy (non-hydrogen) atoms. The van der Waals surface area contributed by atoms with Crippen molar-refractivity contribution in [2.24, 2.45) is 17.8 Å². The number of hydrogen-bond donors (Lipinski definition) is 1. The van der Waals surface area contributed by atoms with Gasteiger partial charge in [0.2, 0.25) is 0 Å². The van der Waals surface area contributed by atoms with Crippen LogP contribution in [-0.2, 0) is 9.53 Å². The fourth-order valence-electron chi connectivity index (χ4n) is 2.43. The van der Waals surface area contributed by atoms with Gasteiger partial charge in [-0.05, 0) is 44.2 Å². The molecule has 1 aliphatic heterocycles. The van der Waals surface area contributed by atoms with Gasteiger partial charge in [-0.3, -0.25) is 4.79 Å². The van der Waals surface area contributed by atoms with Crippen molar-refractivity contribution in [3.63, 3.8) is 0 Å². The monoisotopic (exact) mass is 219 g/mol. The van der Waals surface area contributed by atoms with Crippen LogP contribution in [0.15, 0.2) is 0 Å². The second-order valence-corrected chi connectivity index (χ2v) is 4.12. The van der Waals surface area contributed by atoms with Crippen LogP contribution in [0.5, 0.6) is 0 Å². The minimum Gasteiger partial charge on any atom is -0.469 e. The van der Waals surface area contributed by atoms with E-state index in [2.05, 4.69) is 5.32 Å². The summed E-state index contributed by atoms with van der Waals surface area (Å²) in [5.74, 6) is 1.64. The molecule has 0 aromatic heterocycles. The van der Waals surface area contributed by atoms with E-state index in [9.17, 15) is 4.79 Å². The minimum atomic E-state index is 0. The van der Waals surface area contributed by atoms with Gasteiger partial charge in [0, 0.05) is 0 Å². The second kappa shape index (κ2) is 4.99. The molecule has 0 aromatic carbocycles. The zero-order valence-electron chi connectivity index (χ0n) is 8.49. The summed E-state index contributed by atoms with van der Waals surface area (Å²) in [4.78, 5) is 11.2. The van der Waals surface area contributed by atoms with Crippen LogP contribution in [0.2, 0.25) is 0 Å². The van der Waals surface area contributed by atoms with E-state index in [1.807, 2.05) is 0 Å². The molecule has 1 N–H and O–H groups in total. The lowest BCUT2D eigenvalue weighted by Crippen LogP contribution is -2.29. The van der Waals surface area contributed by atoms with Crippen LogP contribution in [0.1, 0.15) is 19.3 Å². The third kappa shape index (κ3) is 2.39. The SMILES string of the molecule is COC(=O)C1CC1C1CCNCC1.Cl. The Morgan fingerprint density at radius 1 is 1.36 bits per heavy atom. The Bertz CT molecular complexity index is 204. The van der Waals surface area contributed by atoms with Crippen LogP contribution in [-0.4, -0.2) is 26.2 Å². The van der Waals surface area contributed by atoms with Gasteiger partial charge < -0.3 is 10.1 Å². The van der Waals surface area contributed by atoms with Crippen LogP contribution in [0.4, 0.5) is 0 Å². The summed E-state index contributed by atoms with van der Waals surface area (Å²) < 4.78 is 4.74. The Kier molecular flexibility index (Phi) is 4.20. The summed E-state index contributed by atoms with van der Waals surface area (Å²) in [6.07, 6.45) is 3.54. The van der Waals surface area contributed by atoms with Crippen molar-refractivity contribution in [1.29, 1.82) is 0 Å². The van der Waals surface area contributed by atoms with Gasteiger partial charge in [-0.15, -0.1) is 12.4 Å². The number of nitrogens with one attached hydrogen (secondary N) is 1. The molecule has 2 aliphatic rings. The molecule has 0 amide bonds. The number of esters is 1. The Morgan fingerprint density at radius 2 is 2.00 bits per heavy atom. The summed E-state index contributed by atoms with van der Waals surface area (Å²) in [5, 5.41) is 3.34. The minimum absolute atomic E-state index is 0. The summed E-state index contributed by atoms with van der Waals surface area (Å²) in [6, 6.07) is 0. The highest BCUT2D eigenvalue weighted by molar-refractivity contribution is 5.85. The van der Waals surface area contributed by atoms with Crippen molar-refractivity contribution in [2.75, 3.05) is 20.2 Å². The second-order valence-electron chi connectivity index (χ2n) is 4.12. The highest BCUT2D eigenvalue weighted by Gasteiger charge is 2.48. The number of hydrogen-bond acceptors (Lipinski definition) is 3. The summed E-state index contributed by atoms with van der Waals surface area (Å²) in [7, 11) is 1.49. The lowest BCUT2D eigenvalue weighted by atomic mass is 9.92. The van der Waals surface area contributed by atoms with Gasteiger partial charge in [-0.2, -0.15) is 0 Å². The number of halogens is 1. The van der Waals surface area contributed by atoms with E-state index in [0.29, 0.717) is 5.92 Å². The number of methoxy groups -OCH3 is 1. The number of carbonyl (C=O) groups excluding carboxylic acids is 1. The molecule has 1 aliphatic carbocycles. The normalized spacial score (nSPS) is 31.8. The lowest BCUT2D eigenvalue weighted by molar-refractivity contribution is -0.142. The van der Waals surface area contributed by atoms with Crippen molar-refractivity contribution in [3.8, 4) is 0 Å². The Labute approximate surface area is 91.0 Å². The van der Waals surface area contributed by atoms with Gasteiger partial charge in [0.25, 0.3) is 0 Å². The average Bonchev–Trinajstić information content (AvgIpc) is 2.98. The van der Waals surface area contributed by atoms with E-state index in [-0.39, 0.29) is 24.3 Å². The van der Waals surface area contributed by atoms with Gasteiger partial charge in [0.15, 0.2) is 0 Å². The molecule has 0 bridgehead atoms. The first-order chi connectivity index (χ1) is 6.33. The van der Waals surface area contributed by atoms with Gasteiger partial charge in [0.1, 0.15) is 0 Å². The van der Waals surface area contributed by atoms with Crippen LogP contribution in [0, 0.1) is 17.8 Å². The maximum atomic E-state index is 11.2.